The van der Waals surface area contributed by atoms with E-state index in [0.29, 0.717) is 12.1 Å². The lowest BCUT2D eigenvalue weighted by Gasteiger charge is -2.22. The van der Waals surface area contributed by atoms with Gasteiger partial charge in [0.25, 0.3) is 0 Å². The number of aromatic nitrogens is 4. The van der Waals surface area contributed by atoms with Gasteiger partial charge >= 0.3 is 0 Å². The van der Waals surface area contributed by atoms with Crippen LogP contribution in [0.3, 0.4) is 0 Å². The Kier molecular flexibility index (Phi) is 4.34. The van der Waals surface area contributed by atoms with Crippen LogP contribution in [0.4, 0.5) is 0 Å². The predicted octanol–water partition coefficient (Wildman–Crippen LogP) is 2.81. The second-order valence-electron chi connectivity index (χ2n) is 5.51. The van der Waals surface area contributed by atoms with Crippen LogP contribution in [0.15, 0.2) is 61.2 Å². The molecule has 1 aromatic carbocycles. The van der Waals surface area contributed by atoms with E-state index in [1.807, 2.05) is 40.1 Å². The van der Waals surface area contributed by atoms with Crippen molar-refractivity contribution in [2.75, 3.05) is 0 Å². The van der Waals surface area contributed by atoms with Crippen molar-refractivity contribution < 1.29 is 0 Å². The summed E-state index contributed by atoms with van der Waals surface area (Å²) in [6.45, 7) is 5.20. The van der Waals surface area contributed by atoms with Gasteiger partial charge in [-0.15, -0.1) is 0 Å². The van der Waals surface area contributed by atoms with Crippen molar-refractivity contribution in [1.29, 1.82) is 0 Å². The van der Waals surface area contributed by atoms with Crippen LogP contribution < -0.4 is 5.32 Å². The normalized spacial score (nSPS) is 13.9. The molecule has 3 rings (SSSR count). The maximum atomic E-state index is 4.30. The summed E-state index contributed by atoms with van der Waals surface area (Å²) >= 11 is 0. The minimum absolute atomic E-state index is 0.318. The van der Waals surface area contributed by atoms with E-state index in [-0.39, 0.29) is 0 Å². The van der Waals surface area contributed by atoms with Crippen LogP contribution in [0, 0.1) is 0 Å². The highest BCUT2D eigenvalue weighted by molar-refractivity contribution is 5.33. The van der Waals surface area contributed by atoms with Crippen molar-refractivity contribution >= 4 is 0 Å². The molecule has 0 radical (unpaired) electrons. The van der Waals surface area contributed by atoms with Crippen LogP contribution in [0.1, 0.15) is 25.5 Å². The molecule has 3 aromatic rings. The zero-order chi connectivity index (χ0) is 15.4. The quantitative estimate of drug-likeness (QED) is 0.760. The Morgan fingerprint density at radius 1 is 1.00 bits per heavy atom. The molecule has 0 unspecified atom stereocenters. The first-order valence-electron chi connectivity index (χ1n) is 7.55. The summed E-state index contributed by atoms with van der Waals surface area (Å²) in [5, 5.41) is 12.1. The Balaban J connectivity index is 1.57. The average molecular weight is 295 g/mol. The van der Waals surface area contributed by atoms with Gasteiger partial charge in [0.05, 0.1) is 11.7 Å². The highest BCUT2D eigenvalue weighted by Gasteiger charge is 2.13. The first-order valence-corrected chi connectivity index (χ1v) is 7.55. The number of hydrogen-bond donors (Lipinski definition) is 1. The molecule has 0 bridgehead atoms. The fourth-order valence-electron chi connectivity index (χ4n) is 2.39. The molecule has 0 spiro atoms. The van der Waals surface area contributed by atoms with Crippen molar-refractivity contribution in [2.24, 2.45) is 0 Å². The summed E-state index contributed by atoms with van der Waals surface area (Å²) in [6, 6.07) is 13.0. The van der Waals surface area contributed by atoms with Crippen LogP contribution in [0.25, 0.3) is 5.69 Å². The third-order valence-corrected chi connectivity index (χ3v) is 4.00. The number of rotatable bonds is 6. The number of nitrogens with zero attached hydrogens (tertiary/aromatic N) is 4. The Bertz CT molecular complexity index is 670. The van der Waals surface area contributed by atoms with Gasteiger partial charge in [0.2, 0.25) is 0 Å². The fraction of sp³-hybridized carbons (Fsp3) is 0.294. The maximum absolute atomic E-state index is 4.30. The SMILES string of the molecule is C[C@H](NCc1ccc(-n2cccn2)cc1)[C@@H](C)n1cccn1. The van der Waals surface area contributed by atoms with E-state index in [0.717, 1.165) is 12.2 Å². The zero-order valence-corrected chi connectivity index (χ0v) is 12.9. The van der Waals surface area contributed by atoms with E-state index in [1.54, 1.807) is 6.20 Å². The van der Waals surface area contributed by atoms with E-state index in [9.17, 15) is 0 Å². The summed E-state index contributed by atoms with van der Waals surface area (Å²) in [5.74, 6) is 0. The van der Waals surface area contributed by atoms with Crippen molar-refractivity contribution in [3.63, 3.8) is 0 Å². The van der Waals surface area contributed by atoms with Gasteiger partial charge < -0.3 is 5.32 Å². The van der Waals surface area contributed by atoms with E-state index in [1.165, 1.54) is 5.56 Å². The molecule has 0 saturated heterocycles. The van der Waals surface area contributed by atoms with Gasteiger partial charge in [0.1, 0.15) is 0 Å². The lowest BCUT2D eigenvalue weighted by molar-refractivity contribution is 0.365. The molecule has 0 saturated carbocycles. The molecular formula is C17H21N5. The topological polar surface area (TPSA) is 47.7 Å². The molecule has 0 aliphatic heterocycles. The second-order valence-corrected chi connectivity index (χ2v) is 5.51. The summed E-state index contributed by atoms with van der Waals surface area (Å²) in [4.78, 5) is 0. The molecular weight excluding hydrogens is 274 g/mol. The van der Waals surface area contributed by atoms with Gasteiger partial charge in [0, 0.05) is 37.4 Å². The first kappa shape index (κ1) is 14.5. The fourth-order valence-corrected chi connectivity index (χ4v) is 2.39. The summed E-state index contributed by atoms with van der Waals surface area (Å²) < 4.78 is 3.85. The van der Waals surface area contributed by atoms with Gasteiger partial charge in [-0.3, -0.25) is 4.68 Å². The molecule has 0 aliphatic rings. The van der Waals surface area contributed by atoms with Crippen molar-refractivity contribution in [3.05, 3.63) is 66.7 Å². The van der Waals surface area contributed by atoms with E-state index in [4.69, 9.17) is 0 Å². The molecule has 2 aromatic heterocycles. The van der Waals surface area contributed by atoms with Gasteiger partial charge in [-0.2, -0.15) is 10.2 Å². The van der Waals surface area contributed by atoms with Crippen LogP contribution in [-0.4, -0.2) is 25.6 Å². The second kappa shape index (κ2) is 6.58. The Morgan fingerprint density at radius 3 is 2.36 bits per heavy atom. The van der Waals surface area contributed by atoms with Crippen molar-refractivity contribution in [1.82, 2.24) is 24.9 Å². The molecule has 5 nitrogen and oxygen atoms in total. The summed E-state index contributed by atoms with van der Waals surface area (Å²) in [5.41, 5.74) is 2.34. The first-order chi connectivity index (χ1) is 10.7. The third-order valence-electron chi connectivity index (χ3n) is 4.00. The molecule has 2 atom stereocenters. The third kappa shape index (κ3) is 3.26. The maximum Gasteiger partial charge on any atom is 0.0645 e. The molecule has 2 heterocycles. The molecule has 1 N–H and O–H groups in total. The highest BCUT2D eigenvalue weighted by Crippen LogP contribution is 2.12. The standard InChI is InChI=1S/C17H21N5/c1-14(15(2)21-11-3-9-19-21)18-13-16-5-7-17(8-6-16)22-12-4-10-20-22/h3-12,14-15,18H,13H2,1-2H3/t14-,15+/m0/s1. The largest absolute Gasteiger partial charge is 0.308 e. The van der Waals surface area contributed by atoms with Gasteiger partial charge in [-0.25, -0.2) is 4.68 Å². The average Bonchev–Trinajstić information content (AvgIpc) is 3.25. The minimum Gasteiger partial charge on any atom is -0.308 e. The summed E-state index contributed by atoms with van der Waals surface area (Å²) in [7, 11) is 0. The van der Waals surface area contributed by atoms with Crippen LogP contribution in [0.2, 0.25) is 0 Å². The molecule has 0 aliphatic carbocycles. The Labute approximate surface area is 130 Å². The van der Waals surface area contributed by atoms with Crippen LogP contribution >= 0.6 is 0 Å². The Morgan fingerprint density at radius 2 is 1.73 bits per heavy atom. The minimum atomic E-state index is 0.318. The van der Waals surface area contributed by atoms with Gasteiger partial charge in [-0.1, -0.05) is 12.1 Å². The smallest absolute Gasteiger partial charge is 0.0645 e. The molecule has 0 amide bonds. The zero-order valence-electron chi connectivity index (χ0n) is 12.9. The lowest BCUT2D eigenvalue weighted by Crippen LogP contribution is -2.33. The number of nitrogens with one attached hydrogen (secondary N) is 1. The molecule has 114 valence electrons. The van der Waals surface area contributed by atoms with E-state index in [2.05, 4.69) is 53.6 Å². The number of hydrogen-bond acceptors (Lipinski definition) is 3. The highest BCUT2D eigenvalue weighted by atomic mass is 15.3. The molecule has 0 fully saturated rings. The van der Waals surface area contributed by atoms with Crippen LogP contribution in [-0.2, 0) is 6.54 Å². The van der Waals surface area contributed by atoms with Crippen molar-refractivity contribution in [3.8, 4) is 5.69 Å². The lowest BCUT2D eigenvalue weighted by atomic mass is 10.1. The number of benzene rings is 1. The Hall–Kier alpha value is -2.40. The monoisotopic (exact) mass is 295 g/mol. The van der Waals surface area contributed by atoms with Gasteiger partial charge in [-0.05, 0) is 43.7 Å². The van der Waals surface area contributed by atoms with Crippen LogP contribution in [0.5, 0.6) is 0 Å². The molecule has 22 heavy (non-hydrogen) atoms. The van der Waals surface area contributed by atoms with E-state index < -0.39 is 0 Å². The van der Waals surface area contributed by atoms with Crippen molar-refractivity contribution in [2.45, 2.75) is 32.5 Å². The molecule has 5 heteroatoms. The summed E-state index contributed by atoms with van der Waals surface area (Å²) in [6.07, 6.45) is 7.55. The van der Waals surface area contributed by atoms with Gasteiger partial charge in [0.15, 0.2) is 0 Å². The van der Waals surface area contributed by atoms with E-state index >= 15 is 0 Å². The predicted molar refractivity (Wildman–Crippen MR) is 86.8 cm³/mol.